The minimum absolute atomic E-state index is 0.236. The van der Waals surface area contributed by atoms with Crippen LogP contribution in [0.2, 0.25) is 0 Å². The molecule has 0 bridgehead atoms. The number of rotatable bonds is 12. The van der Waals surface area contributed by atoms with Gasteiger partial charge in [-0.25, -0.2) is 0 Å². The molecule has 0 aliphatic carbocycles. The second-order valence-electron chi connectivity index (χ2n) is 6.70. The standard InChI is InChI=1S/C20H32N4O3/c1-15(14-25)24(3)20(27)17(11-7-8-12-21)23-19(26)18(22-2)13-16-9-5-4-6-10-16/h4-6,9-10,14-15,17-18,22H,7-8,11-13,21H2,1-3H3,(H,23,26)/t15-,17-,18-/m0/s1. The zero-order chi connectivity index (χ0) is 20.2. The molecular weight excluding hydrogens is 344 g/mol. The number of hydrogen-bond donors (Lipinski definition) is 3. The SMILES string of the molecule is CN[C@@H](Cc1ccccc1)C(=O)N[C@@H](CCCCN)C(=O)N(C)[C@@H](C)C=O. The van der Waals surface area contributed by atoms with E-state index in [1.165, 1.54) is 4.90 Å². The van der Waals surface area contributed by atoms with Gasteiger partial charge in [0.1, 0.15) is 12.3 Å². The smallest absolute Gasteiger partial charge is 0.245 e. The topological polar surface area (TPSA) is 105 Å². The number of nitrogens with zero attached hydrogens (tertiary/aromatic N) is 1. The van der Waals surface area contributed by atoms with Crippen molar-refractivity contribution in [3.63, 3.8) is 0 Å². The predicted octanol–water partition coefficient (Wildman–Crippen LogP) is 0.477. The number of aldehydes is 1. The minimum Gasteiger partial charge on any atom is -0.343 e. The molecule has 1 aromatic carbocycles. The fraction of sp³-hybridized carbons (Fsp3) is 0.550. The molecule has 0 unspecified atom stereocenters. The Balaban J connectivity index is 2.82. The van der Waals surface area contributed by atoms with Gasteiger partial charge in [-0.2, -0.15) is 0 Å². The molecule has 7 heteroatoms. The normalized spacial score (nSPS) is 14.1. The molecule has 0 saturated carbocycles. The second kappa shape index (κ2) is 12.2. The first kappa shape index (κ1) is 22.8. The van der Waals surface area contributed by atoms with Crippen LogP contribution in [0.25, 0.3) is 0 Å². The molecule has 4 N–H and O–H groups in total. The molecule has 1 aromatic rings. The molecule has 27 heavy (non-hydrogen) atoms. The lowest BCUT2D eigenvalue weighted by Gasteiger charge is -2.28. The summed E-state index contributed by atoms with van der Waals surface area (Å²) in [5.41, 5.74) is 6.57. The van der Waals surface area contributed by atoms with E-state index in [-0.39, 0.29) is 11.8 Å². The molecular formula is C20H32N4O3. The third-order valence-corrected chi connectivity index (χ3v) is 4.66. The van der Waals surface area contributed by atoms with Gasteiger partial charge in [0.2, 0.25) is 11.8 Å². The second-order valence-corrected chi connectivity index (χ2v) is 6.70. The third-order valence-electron chi connectivity index (χ3n) is 4.66. The Morgan fingerprint density at radius 2 is 1.85 bits per heavy atom. The van der Waals surface area contributed by atoms with Crippen LogP contribution in [-0.4, -0.2) is 61.8 Å². The Hall–Kier alpha value is -2.25. The molecule has 7 nitrogen and oxygen atoms in total. The van der Waals surface area contributed by atoms with Crippen molar-refractivity contribution in [3.8, 4) is 0 Å². The van der Waals surface area contributed by atoms with Crippen LogP contribution in [0.4, 0.5) is 0 Å². The number of nitrogens with two attached hydrogens (primary N) is 1. The summed E-state index contributed by atoms with van der Waals surface area (Å²) in [5, 5.41) is 5.87. The van der Waals surface area contributed by atoms with Crippen molar-refractivity contribution in [2.75, 3.05) is 20.6 Å². The summed E-state index contributed by atoms with van der Waals surface area (Å²) in [6.45, 7) is 2.18. The van der Waals surface area contributed by atoms with E-state index >= 15 is 0 Å². The molecule has 0 aliphatic heterocycles. The van der Waals surface area contributed by atoms with Gasteiger partial charge in [-0.05, 0) is 51.8 Å². The maximum Gasteiger partial charge on any atom is 0.245 e. The Kier molecular flexibility index (Phi) is 10.3. The third kappa shape index (κ3) is 7.48. The van der Waals surface area contributed by atoms with Crippen LogP contribution in [0.15, 0.2) is 30.3 Å². The molecule has 0 aromatic heterocycles. The van der Waals surface area contributed by atoms with Gasteiger partial charge in [-0.3, -0.25) is 9.59 Å². The Bertz CT molecular complexity index is 594. The van der Waals surface area contributed by atoms with Crippen LogP contribution in [0, 0.1) is 0 Å². The summed E-state index contributed by atoms with van der Waals surface area (Å²) in [6.07, 6.45) is 3.21. The fourth-order valence-electron chi connectivity index (χ4n) is 2.74. The summed E-state index contributed by atoms with van der Waals surface area (Å²) in [5.74, 6) is -0.505. The lowest BCUT2D eigenvalue weighted by molar-refractivity contribution is -0.139. The highest BCUT2D eigenvalue weighted by Crippen LogP contribution is 2.08. The quantitative estimate of drug-likeness (QED) is 0.363. The molecule has 0 saturated heterocycles. The van der Waals surface area contributed by atoms with Gasteiger partial charge in [0.15, 0.2) is 0 Å². The van der Waals surface area contributed by atoms with Gasteiger partial charge in [-0.1, -0.05) is 30.3 Å². The van der Waals surface area contributed by atoms with E-state index in [9.17, 15) is 14.4 Å². The predicted molar refractivity (Wildman–Crippen MR) is 106 cm³/mol. The van der Waals surface area contributed by atoms with E-state index in [1.807, 2.05) is 30.3 Å². The van der Waals surface area contributed by atoms with Gasteiger partial charge in [-0.15, -0.1) is 0 Å². The van der Waals surface area contributed by atoms with E-state index in [2.05, 4.69) is 10.6 Å². The monoisotopic (exact) mass is 376 g/mol. The Labute approximate surface area is 161 Å². The Morgan fingerprint density at radius 1 is 1.19 bits per heavy atom. The van der Waals surface area contributed by atoms with Crippen molar-refractivity contribution in [1.29, 1.82) is 0 Å². The van der Waals surface area contributed by atoms with Crippen molar-refractivity contribution in [2.45, 2.75) is 50.7 Å². The van der Waals surface area contributed by atoms with Crippen LogP contribution in [0.1, 0.15) is 31.7 Å². The number of benzene rings is 1. The highest BCUT2D eigenvalue weighted by atomic mass is 16.2. The summed E-state index contributed by atoms with van der Waals surface area (Å²) in [6, 6.07) is 8.02. The zero-order valence-corrected chi connectivity index (χ0v) is 16.5. The number of amides is 2. The number of carbonyl (C=O) groups is 3. The van der Waals surface area contributed by atoms with E-state index < -0.39 is 18.1 Å². The van der Waals surface area contributed by atoms with Crippen LogP contribution in [0.3, 0.4) is 0 Å². The van der Waals surface area contributed by atoms with E-state index in [0.29, 0.717) is 25.7 Å². The molecule has 0 aliphatic rings. The van der Waals surface area contributed by atoms with Crippen molar-refractivity contribution in [2.24, 2.45) is 5.73 Å². The van der Waals surface area contributed by atoms with Gasteiger partial charge in [0.05, 0.1) is 12.1 Å². The van der Waals surface area contributed by atoms with E-state index in [0.717, 1.165) is 18.4 Å². The molecule has 1 rings (SSSR count). The largest absolute Gasteiger partial charge is 0.343 e. The average molecular weight is 377 g/mol. The molecule has 150 valence electrons. The highest BCUT2D eigenvalue weighted by molar-refractivity contribution is 5.90. The molecule has 0 radical (unpaired) electrons. The van der Waals surface area contributed by atoms with Crippen molar-refractivity contribution >= 4 is 18.1 Å². The number of hydrogen-bond acceptors (Lipinski definition) is 5. The van der Waals surface area contributed by atoms with E-state index in [1.54, 1.807) is 21.0 Å². The van der Waals surface area contributed by atoms with Gasteiger partial charge in [0, 0.05) is 7.05 Å². The first-order chi connectivity index (χ1) is 12.9. The van der Waals surface area contributed by atoms with Crippen LogP contribution < -0.4 is 16.4 Å². The lowest BCUT2D eigenvalue weighted by Crippen LogP contribution is -2.54. The lowest BCUT2D eigenvalue weighted by atomic mass is 10.0. The number of nitrogens with one attached hydrogen (secondary N) is 2. The molecule has 0 spiro atoms. The van der Waals surface area contributed by atoms with Crippen molar-refractivity contribution in [1.82, 2.24) is 15.5 Å². The molecule has 0 heterocycles. The summed E-state index contributed by atoms with van der Waals surface area (Å²) < 4.78 is 0. The number of unbranched alkanes of at least 4 members (excludes halogenated alkanes) is 1. The summed E-state index contributed by atoms with van der Waals surface area (Å²) in [4.78, 5) is 37.9. The molecule has 3 atom stereocenters. The first-order valence-electron chi connectivity index (χ1n) is 9.38. The zero-order valence-electron chi connectivity index (χ0n) is 16.5. The maximum absolute atomic E-state index is 12.7. The summed E-state index contributed by atoms with van der Waals surface area (Å²) in [7, 11) is 3.29. The van der Waals surface area contributed by atoms with Crippen molar-refractivity contribution < 1.29 is 14.4 Å². The van der Waals surface area contributed by atoms with Crippen LogP contribution in [-0.2, 0) is 20.8 Å². The molecule has 0 fully saturated rings. The van der Waals surface area contributed by atoms with Crippen molar-refractivity contribution in [3.05, 3.63) is 35.9 Å². The number of likely N-dealkylation sites (N-methyl/N-ethyl adjacent to an activating group) is 2. The van der Waals surface area contributed by atoms with Gasteiger partial charge in [0.25, 0.3) is 0 Å². The molecule has 2 amide bonds. The van der Waals surface area contributed by atoms with Crippen LogP contribution >= 0.6 is 0 Å². The van der Waals surface area contributed by atoms with Gasteiger partial charge >= 0.3 is 0 Å². The minimum atomic E-state index is -0.678. The average Bonchev–Trinajstić information content (AvgIpc) is 2.70. The van der Waals surface area contributed by atoms with Gasteiger partial charge < -0.3 is 26.1 Å². The number of carbonyl (C=O) groups excluding carboxylic acids is 3. The summed E-state index contributed by atoms with van der Waals surface area (Å²) >= 11 is 0. The van der Waals surface area contributed by atoms with E-state index in [4.69, 9.17) is 5.73 Å². The fourth-order valence-corrected chi connectivity index (χ4v) is 2.74. The Morgan fingerprint density at radius 3 is 2.41 bits per heavy atom. The first-order valence-corrected chi connectivity index (χ1v) is 9.38. The highest BCUT2D eigenvalue weighted by Gasteiger charge is 2.28. The maximum atomic E-state index is 12.7. The van der Waals surface area contributed by atoms with Crippen LogP contribution in [0.5, 0.6) is 0 Å².